The number of Topliss-reactive ketones (excluding diaryl/α,β-unsaturated/α-hetero) is 1. The van der Waals surface area contributed by atoms with Gasteiger partial charge >= 0.3 is 0 Å². The predicted molar refractivity (Wildman–Crippen MR) is 126 cm³/mol. The second-order valence-electron chi connectivity index (χ2n) is 8.05. The second kappa shape index (κ2) is 12.2. The Balaban J connectivity index is 1.89. The summed E-state index contributed by atoms with van der Waals surface area (Å²) < 4.78 is 10.9. The number of pyridine rings is 1. The number of benzene rings is 1. The van der Waals surface area contributed by atoms with Gasteiger partial charge in [-0.25, -0.2) is 0 Å². The minimum Gasteiger partial charge on any atom is -0.507 e. The number of nitrogens with zero attached hydrogens (tertiary/aromatic N) is 2. The van der Waals surface area contributed by atoms with Crippen LogP contribution in [0.15, 0.2) is 54.4 Å². The second-order valence-corrected chi connectivity index (χ2v) is 8.05. The van der Waals surface area contributed by atoms with E-state index in [0.717, 1.165) is 24.2 Å². The summed E-state index contributed by atoms with van der Waals surface area (Å²) in [6.45, 7) is 3.62. The molecule has 176 valence electrons. The molecule has 2 heterocycles. The first-order valence-electron chi connectivity index (χ1n) is 11.5. The molecule has 1 aromatic heterocycles. The van der Waals surface area contributed by atoms with Crippen LogP contribution < -0.4 is 4.74 Å². The molecule has 2 aromatic rings. The van der Waals surface area contributed by atoms with Crippen molar-refractivity contribution in [1.82, 2.24) is 9.88 Å². The van der Waals surface area contributed by atoms with Gasteiger partial charge in [-0.1, -0.05) is 38.3 Å². The third-order valence-electron chi connectivity index (χ3n) is 5.70. The average Bonchev–Trinajstić information content (AvgIpc) is 3.09. The van der Waals surface area contributed by atoms with Crippen LogP contribution in [0.3, 0.4) is 0 Å². The fourth-order valence-corrected chi connectivity index (χ4v) is 3.97. The van der Waals surface area contributed by atoms with E-state index in [2.05, 4.69) is 11.9 Å². The Labute approximate surface area is 195 Å². The molecule has 1 amide bonds. The third-order valence-corrected chi connectivity index (χ3v) is 5.70. The number of aliphatic hydroxyl groups is 1. The maximum Gasteiger partial charge on any atom is 0.295 e. The molecule has 0 bridgehead atoms. The van der Waals surface area contributed by atoms with Crippen LogP contribution in [0.2, 0.25) is 0 Å². The molecule has 3 rings (SSSR count). The lowest BCUT2D eigenvalue weighted by molar-refractivity contribution is -0.140. The van der Waals surface area contributed by atoms with E-state index in [4.69, 9.17) is 9.47 Å². The molecule has 0 aliphatic carbocycles. The Bertz CT molecular complexity index is 956. The lowest BCUT2D eigenvalue weighted by Crippen LogP contribution is -2.31. The average molecular weight is 453 g/mol. The number of aliphatic hydroxyl groups excluding tert-OH is 1. The topological polar surface area (TPSA) is 89.0 Å². The number of aromatic nitrogens is 1. The molecule has 7 heteroatoms. The van der Waals surface area contributed by atoms with Crippen molar-refractivity contribution in [2.45, 2.75) is 45.1 Å². The largest absolute Gasteiger partial charge is 0.507 e. The van der Waals surface area contributed by atoms with Crippen molar-refractivity contribution in [2.75, 3.05) is 26.9 Å². The van der Waals surface area contributed by atoms with E-state index in [9.17, 15) is 14.7 Å². The van der Waals surface area contributed by atoms with Gasteiger partial charge in [0.15, 0.2) is 0 Å². The SMILES string of the molecule is CCCCCCOc1ccc(C2/C(=C(\O)c3ccncc3)C(=O)C(=O)N2CCCOC)cc1. The Hall–Kier alpha value is -3.19. The van der Waals surface area contributed by atoms with Gasteiger partial charge in [-0.2, -0.15) is 0 Å². The Morgan fingerprint density at radius 1 is 1.00 bits per heavy atom. The number of unbranched alkanes of at least 4 members (excludes halogenated alkanes) is 3. The van der Waals surface area contributed by atoms with E-state index in [-0.39, 0.29) is 11.3 Å². The van der Waals surface area contributed by atoms with Gasteiger partial charge in [0.2, 0.25) is 0 Å². The van der Waals surface area contributed by atoms with Crippen molar-refractivity contribution in [3.05, 3.63) is 65.5 Å². The van der Waals surface area contributed by atoms with Gasteiger partial charge in [-0.05, 0) is 42.7 Å². The van der Waals surface area contributed by atoms with Crippen LogP contribution in [0.4, 0.5) is 0 Å². The van der Waals surface area contributed by atoms with Crippen molar-refractivity contribution in [3.63, 3.8) is 0 Å². The highest BCUT2D eigenvalue weighted by atomic mass is 16.5. The van der Waals surface area contributed by atoms with Crippen LogP contribution >= 0.6 is 0 Å². The predicted octanol–water partition coefficient (Wildman–Crippen LogP) is 4.50. The van der Waals surface area contributed by atoms with E-state index in [1.807, 2.05) is 24.3 Å². The number of likely N-dealkylation sites (tertiary alicyclic amines) is 1. The first-order valence-corrected chi connectivity index (χ1v) is 11.5. The number of methoxy groups -OCH3 is 1. The van der Waals surface area contributed by atoms with E-state index >= 15 is 0 Å². The van der Waals surface area contributed by atoms with E-state index < -0.39 is 17.7 Å². The molecule has 0 radical (unpaired) electrons. The molecular formula is C26H32N2O5. The highest BCUT2D eigenvalue weighted by molar-refractivity contribution is 6.46. The molecule has 1 unspecified atom stereocenters. The van der Waals surface area contributed by atoms with E-state index in [1.54, 1.807) is 19.2 Å². The van der Waals surface area contributed by atoms with Crippen molar-refractivity contribution < 1.29 is 24.2 Å². The fraction of sp³-hybridized carbons (Fsp3) is 0.423. The molecule has 1 aliphatic rings. The molecule has 1 fully saturated rings. The number of rotatable bonds is 12. The summed E-state index contributed by atoms with van der Waals surface area (Å²) in [7, 11) is 1.59. The number of amides is 1. The zero-order valence-corrected chi connectivity index (χ0v) is 19.3. The maximum atomic E-state index is 13.0. The van der Waals surface area contributed by atoms with Crippen LogP contribution in [-0.2, 0) is 14.3 Å². The molecule has 1 saturated heterocycles. The van der Waals surface area contributed by atoms with Gasteiger partial charge in [0.05, 0.1) is 18.2 Å². The summed E-state index contributed by atoms with van der Waals surface area (Å²) in [5.74, 6) is -0.780. The zero-order valence-electron chi connectivity index (χ0n) is 19.3. The number of carbonyl (C=O) groups excluding carboxylic acids is 2. The normalized spacial score (nSPS) is 17.5. The molecule has 1 N–H and O–H groups in total. The molecule has 1 atom stereocenters. The van der Waals surface area contributed by atoms with Crippen molar-refractivity contribution in [1.29, 1.82) is 0 Å². The zero-order chi connectivity index (χ0) is 23.6. The standard InChI is InChI=1S/C26H32N2O5/c1-3-4-5-6-18-33-21-10-8-19(9-11-21)23-22(24(29)20-12-14-27-15-13-20)25(30)26(31)28(23)16-7-17-32-2/h8-15,23,29H,3-7,16-18H2,1-2H3/b24-22+. The monoisotopic (exact) mass is 452 g/mol. The number of hydrogen-bond donors (Lipinski definition) is 1. The number of hydrogen-bond acceptors (Lipinski definition) is 6. The smallest absolute Gasteiger partial charge is 0.295 e. The summed E-state index contributed by atoms with van der Waals surface area (Å²) >= 11 is 0. The summed E-state index contributed by atoms with van der Waals surface area (Å²) in [5, 5.41) is 11.0. The summed E-state index contributed by atoms with van der Waals surface area (Å²) in [6, 6.07) is 9.92. The number of ether oxygens (including phenoxy) is 2. The highest BCUT2D eigenvalue weighted by Crippen LogP contribution is 2.39. The van der Waals surface area contributed by atoms with Gasteiger partial charge in [0, 0.05) is 38.2 Å². The third kappa shape index (κ3) is 5.99. The van der Waals surface area contributed by atoms with Gasteiger partial charge in [-0.3, -0.25) is 14.6 Å². The molecule has 0 spiro atoms. The van der Waals surface area contributed by atoms with Crippen LogP contribution in [0.1, 0.15) is 56.2 Å². The molecule has 1 aliphatic heterocycles. The molecular weight excluding hydrogens is 420 g/mol. The summed E-state index contributed by atoms with van der Waals surface area (Å²) in [4.78, 5) is 31.3. The first-order chi connectivity index (χ1) is 16.1. The Morgan fingerprint density at radius 2 is 1.73 bits per heavy atom. The maximum absolute atomic E-state index is 13.0. The summed E-state index contributed by atoms with van der Waals surface area (Å²) in [5.41, 5.74) is 1.26. The number of ketones is 1. The van der Waals surface area contributed by atoms with Gasteiger partial charge in [0.25, 0.3) is 11.7 Å². The first kappa shape index (κ1) is 24.5. The highest BCUT2D eigenvalue weighted by Gasteiger charge is 2.45. The lowest BCUT2D eigenvalue weighted by atomic mass is 9.95. The Morgan fingerprint density at radius 3 is 2.39 bits per heavy atom. The molecule has 0 saturated carbocycles. The van der Waals surface area contributed by atoms with Crippen molar-refractivity contribution in [3.8, 4) is 5.75 Å². The molecule has 1 aromatic carbocycles. The fourth-order valence-electron chi connectivity index (χ4n) is 3.97. The van der Waals surface area contributed by atoms with E-state index in [0.29, 0.717) is 31.7 Å². The lowest BCUT2D eigenvalue weighted by Gasteiger charge is -2.25. The Kier molecular flexibility index (Phi) is 9.01. The van der Waals surface area contributed by atoms with Crippen LogP contribution in [0.25, 0.3) is 5.76 Å². The number of carbonyl (C=O) groups is 2. The minimum atomic E-state index is -0.692. The molecule has 33 heavy (non-hydrogen) atoms. The summed E-state index contributed by atoms with van der Waals surface area (Å²) in [6.07, 6.45) is 8.16. The van der Waals surface area contributed by atoms with E-state index in [1.165, 1.54) is 30.1 Å². The van der Waals surface area contributed by atoms with Gasteiger partial charge in [0.1, 0.15) is 11.5 Å². The molecule has 7 nitrogen and oxygen atoms in total. The van der Waals surface area contributed by atoms with Crippen LogP contribution in [0.5, 0.6) is 5.75 Å². The quantitative estimate of drug-likeness (QED) is 0.221. The van der Waals surface area contributed by atoms with Crippen molar-refractivity contribution in [2.24, 2.45) is 0 Å². The van der Waals surface area contributed by atoms with Crippen molar-refractivity contribution >= 4 is 17.4 Å². The van der Waals surface area contributed by atoms with Crippen LogP contribution in [-0.4, -0.2) is 53.5 Å². The van der Waals surface area contributed by atoms with Gasteiger partial charge in [-0.15, -0.1) is 0 Å². The minimum absolute atomic E-state index is 0.0804. The van der Waals surface area contributed by atoms with Gasteiger partial charge < -0.3 is 19.5 Å². The van der Waals surface area contributed by atoms with Crippen LogP contribution in [0, 0.1) is 0 Å².